The van der Waals surface area contributed by atoms with Crippen LogP contribution in [0.5, 0.6) is 0 Å². The summed E-state index contributed by atoms with van der Waals surface area (Å²) < 4.78 is 30.1. The molecule has 0 unspecified atom stereocenters. The average Bonchev–Trinajstić information content (AvgIpc) is 2.78. The minimum atomic E-state index is -3.77. The van der Waals surface area contributed by atoms with Gasteiger partial charge in [-0.3, -0.25) is 0 Å². The number of methoxy groups -OCH3 is 1. The van der Waals surface area contributed by atoms with Gasteiger partial charge >= 0.3 is 5.97 Å². The van der Waals surface area contributed by atoms with Gasteiger partial charge in [0, 0.05) is 13.0 Å². The molecule has 0 amide bonds. The van der Waals surface area contributed by atoms with Gasteiger partial charge in [-0.2, -0.15) is 0 Å². The molecule has 0 bridgehead atoms. The first-order chi connectivity index (χ1) is 8.03. The summed E-state index contributed by atoms with van der Waals surface area (Å²) in [6.45, 7) is 0.108. The highest BCUT2D eigenvalue weighted by atomic mass is 32.2. The zero-order chi connectivity index (χ0) is 12.9. The SMILES string of the molecule is C#CCCNS(=O)(=O)c1scnc1C(=O)OC. The lowest BCUT2D eigenvalue weighted by molar-refractivity contribution is 0.0590. The highest BCUT2D eigenvalue weighted by Gasteiger charge is 2.25. The number of terminal acetylenes is 1. The molecule has 17 heavy (non-hydrogen) atoms. The first-order valence-electron chi connectivity index (χ1n) is 4.48. The summed E-state index contributed by atoms with van der Waals surface area (Å²) >= 11 is 0.844. The fraction of sp³-hybridized carbons (Fsp3) is 0.333. The van der Waals surface area contributed by atoms with Gasteiger partial charge < -0.3 is 4.74 Å². The van der Waals surface area contributed by atoms with E-state index in [0.717, 1.165) is 18.4 Å². The molecule has 0 saturated heterocycles. The molecule has 1 heterocycles. The number of carbonyl (C=O) groups excluding carboxylic acids is 1. The van der Waals surface area contributed by atoms with Crippen LogP contribution in [0, 0.1) is 12.3 Å². The maximum absolute atomic E-state index is 11.8. The Bertz CT molecular complexity index is 542. The summed E-state index contributed by atoms with van der Waals surface area (Å²) in [5.41, 5.74) is 1.05. The van der Waals surface area contributed by atoms with Gasteiger partial charge in [-0.15, -0.1) is 23.7 Å². The minimum Gasteiger partial charge on any atom is -0.464 e. The third kappa shape index (κ3) is 3.26. The average molecular weight is 274 g/mol. The number of hydrogen-bond acceptors (Lipinski definition) is 6. The molecular weight excluding hydrogens is 264 g/mol. The molecule has 0 aliphatic carbocycles. The summed E-state index contributed by atoms with van der Waals surface area (Å²) in [6, 6.07) is 0. The second-order valence-corrected chi connectivity index (χ2v) is 5.65. The molecule has 0 saturated carbocycles. The van der Waals surface area contributed by atoms with E-state index < -0.39 is 16.0 Å². The monoisotopic (exact) mass is 274 g/mol. The van der Waals surface area contributed by atoms with Crippen LogP contribution in [-0.4, -0.2) is 33.0 Å². The molecule has 92 valence electrons. The van der Waals surface area contributed by atoms with Crippen LogP contribution in [0.2, 0.25) is 0 Å². The molecule has 1 aromatic rings. The van der Waals surface area contributed by atoms with Crippen molar-refractivity contribution < 1.29 is 17.9 Å². The van der Waals surface area contributed by atoms with E-state index in [1.165, 1.54) is 5.51 Å². The van der Waals surface area contributed by atoms with E-state index >= 15 is 0 Å². The van der Waals surface area contributed by atoms with Gasteiger partial charge in [0.25, 0.3) is 10.0 Å². The highest BCUT2D eigenvalue weighted by Crippen LogP contribution is 2.20. The number of rotatable bonds is 5. The Labute approximate surface area is 103 Å². The van der Waals surface area contributed by atoms with Gasteiger partial charge in [-0.05, 0) is 0 Å². The Kier molecular flexibility index (Phi) is 4.62. The standard InChI is InChI=1S/C9H10N2O4S2/c1-3-4-5-11-17(13,14)9-7(8(12)15-2)10-6-16-9/h1,6,11H,4-5H2,2H3. The van der Waals surface area contributed by atoms with Crippen LogP contribution in [0.3, 0.4) is 0 Å². The molecule has 0 aromatic carbocycles. The number of nitrogens with zero attached hydrogens (tertiary/aromatic N) is 1. The van der Waals surface area contributed by atoms with Gasteiger partial charge in [0.15, 0.2) is 9.90 Å². The maximum Gasteiger partial charge on any atom is 0.358 e. The van der Waals surface area contributed by atoms with Crippen molar-refractivity contribution in [2.24, 2.45) is 0 Å². The quantitative estimate of drug-likeness (QED) is 0.472. The number of hydrogen-bond donors (Lipinski definition) is 1. The van der Waals surface area contributed by atoms with Gasteiger partial charge in [0.1, 0.15) is 0 Å². The van der Waals surface area contributed by atoms with Gasteiger partial charge in [-0.1, -0.05) is 0 Å². The summed E-state index contributed by atoms with van der Waals surface area (Å²) in [5, 5.41) is 0. The predicted molar refractivity (Wildman–Crippen MR) is 62.1 cm³/mol. The van der Waals surface area contributed by atoms with E-state index in [1.54, 1.807) is 0 Å². The lowest BCUT2D eigenvalue weighted by atomic mass is 10.5. The van der Waals surface area contributed by atoms with Crippen molar-refractivity contribution in [3.63, 3.8) is 0 Å². The second kappa shape index (κ2) is 5.77. The molecule has 1 rings (SSSR count). The van der Waals surface area contributed by atoms with E-state index in [4.69, 9.17) is 6.42 Å². The van der Waals surface area contributed by atoms with Crippen LogP contribution in [-0.2, 0) is 14.8 Å². The molecule has 0 aliphatic heterocycles. The Balaban J connectivity index is 2.96. The third-order valence-electron chi connectivity index (χ3n) is 1.72. The maximum atomic E-state index is 11.8. The smallest absolute Gasteiger partial charge is 0.358 e. The molecule has 8 heteroatoms. The molecule has 1 aromatic heterocycles. The van der Waals surface area contributed by atoms with Crippen molar-refractivity contribution in [3.05, 3.63) is 11.2 Å². The summed E-state index contributed by atoms with van der Waals surface area (Å²) in [7, 11) is -2.61. The predicted octanol–water partition coefficient (Wildman–Crippen LogP) is 0.231. The van der Waals surface area contributed by atoms with E-state index in [-0.39, 0.29) is 22.9 Å². The normalized spacial score (nSPS) is 10.8. The fourth-order valence-corrected chi connectivity index (χ4v) is 3.19. The first kappa shape index (κ1) is 13.6. The number of esters is 1. The van der Waals surface area contributed by atoms with E-state index in [1.807, 2.05) is 0 Å². The van der Waals surface area contributed by atoms with E-state index in [9.17, 15) is 13.2 Å². The molecule has 0 fully saturated rings. The highest BCUT2D eigenvalue weighted by molar-refractivity contribution is 7.91. The van der Waals surface area contributed by atoms with E-state index in [2.05, 4.69) is 20.4 Å². The second-order valence-electron chi connectivity index (χ2n) is 2.83. The molecule has 0 atom stereocenters. The lowest BCUT2D eigenvalue weighted by Crippen LogP contribution is -2.25. The first-order valence-corrected chi connectivity index (χ1v) is 6.84. The van der Waals surface area contributed by atoms with Crippen molar-refractivity contribution in [1.82, 2.24) is 9.71 Å². The number of thiazole rings is 1. The summed E-state index contributed by atoms with van der Waals surface area (Å²) in [6.07, 6.45) is 5.28. The molecule has 6 nitrogen and oxygen atoms in total. The van der Waals surface area contributed by atoms with Crippen LogP contribution < -0.4 is 4.72 Å². The minimum absolute atomic E-state index is 0.108. The third-order valence-corrected chi connectivity index (χ3v) is 4.55. The molecule has 0 spiro atoms. The largest absolute Gasteiger partial charge is 0.464 e. The molecule has 0 radical (unpaired) electrons. The van der Waals surface area contributed by atoms with Crippen molar-refractivity contribution >= 4 is 27.3 Å². The van der Waals surface area contributed by atoms with Crippen LogP contribution in [0.15, 0.2) is 9.72 Å². The van der Waals surface area contributed by atoms with Crippen molar-refractivity contribution in [2.45, 2.75) is 10.6 Å². The summed E-state index contributed by atoms with van der Waals surface area (Å²) in [4.78, 5) is 14.9. The Hall–Kier alpha value is -1.43. The zero-order valence-electron chi connectivity index (χ0n) is 8.97. The Morgan fingerprint density at radius 1 is 1.71 bits per heavy atom. The number of sulfonamides is 1. The van der Waals surface area contributed by atoms with Gasteiger partial charge in [0.2, 0.25) is 0 Å². The number of carbonyl (C=O) groups is 1. The fourth-order valence-electron chi connectivity index (χ4n) is 0.982. The molecule has 0 aliphatic rings. The zero-order valence-corrected chi connectivity index (χ0v) is 10.6. The van der Waals surface area contributed by atoms with Gasteiger partial charge in [-0.25, -0.2) is 22.9 Å². The van der Waals surface area contributed by atoms with Crippen LogP contribution in [0.25, 0.3) is 0 Å². The number of ether oxygens (including phenoxy) is 1. The lowest BCUT2D eigenvalue weighted by Gasteiger charge is -2.03. The number of aromatic nitrogens is 1. The number of nitrogens with one attached hydrogen (secondary N) is 1. The van der Waals surface area contributed by atoms with Crippen molar-refractivity contribution in [1.29, 1.82) is 0 Å². The molecular formula is C9H10N2O4S2. The van der Waals surface area contributed by atoms with Gasteiger partial charge in [0.05, 0.1) is 12.6 Å². The summed E-state index contributed by atoms with van der Waals surface area (Å²) in [5.74, 6) is 1.51. The van der Waals surface area contributed by atoms with Crippen molar-refractivity contribution in [3.8, 4) is 12.3 Å². The van der Waals surface area contributed by atoms with E-state index in [0.29, 0.717) is 0 Å². The van der Waals surface area contributed by atoms with Crippen LogP contribution in [0.4, 0.5) is 0 Å². The van der Waals surface area contributed by atoms with Crippen LogP contribution in [0.1, 0.15) is 16.9 Å². The van der Waals surface area contributed by atoms with Crippen molar-refractivity contribution in [2.75, 3.05) is 13.7 Å². The topological polar surface area (TPSA) is 85.4 Å². The Morgan fingerprint density at radius 2 is 2.41 bits per heavy atom. The molecule has 1 N–H and O–H groups in total. The van der Waals surface area contributed by atoms with Crippen LogP contribution >= 0.6 is 11.3 Å². The Morgan fingerprint density at radius 3 is 3.00 bits per heavy atom.